The Bertz CT molecular complexity index is 339. The lowest BCUT2D eigenvalue weighted by molar-refractivity contribution is -0.148. The van der Waals surface area contributed by atoms with Gasteiger partial charge in [0.1, 0.15) is 0 Å². The minimum atomic E-state index is -1.17. The fourth-order valence-electron chi connectivity index (χ4n) is 1.57. The summed E-state index contributed by atoms with van der Waals surface area (Å²) in [7, 11) is 1.63. The van der Waals surface area contributed by atoms with Gasteiger partial charge in [0, 0.05) is 6.61 Å². The van der Waals surface area contributed by atoms with Crippen LogP contribution in [0.25, 0.3) is 0 Å². The normalized spacial score (nSPS) is 14.4. The highest BCUT2D eigenvalue weighted by atomic mass is 16.5. The monoisotopic (exact) mass is 223 g/mol. The minimum absolute atomic E-state index is 0.110. The summed E-state index contributed by atoms with van der Waals surface area (Å²) in [5, 5.41) is 12.2. The summed E-state index contributed by atoms with van der Waals surface area (Å²) >= 11 is 0. The molecule has 0 saturated carbocycles. The van der Waals surface area contributed by atoms with Crippen molar-refractivity contribution in [3.05, 3.63) is 35.9 Å². The highest BCUT2D eigenvalue weighted by Crippen LogP contribution is 2.21. The smallest absolute Gasteiger partial charge is 0.330 e. The Morgan fingerprint density at radius 1 is 1.44 bits per heavy atom. The second-order valence-corrected chi connectivity index (χ2v) is 3.46. The Hall–Kier alpha value is -1.39. The maximum absolute atomic E-state index is 11.4. The molecule has 0 aliphatic carbocycles. The molecule has 0 heterocycles. The summed E-state index contributed by atoms with van der Waals surface area (Å²) in [6.45, 7) is 2.44. The predicted molar refractivity (Wildman–Crippen MR) is 61.3 cm³/mol. The van der Waals surface area contributed by atoms with Gasteiger partial charge in [0.15, 0.2) is 5.54 Å². The molecule has 16 heavy (non-hydrogen) atoms. The third-order valence-electron chi connectivity index (χ3n) is 2.58. The molecule has 1 rings (SSSR count). The van der Waals surface area contributed by atoms with E-state index in [4.69, 9.17) is 4.74 Å². The zero-order chi connectivity index (χ0) is 12.0. The summed E-state index contributed by atoms with van der Waals surface area (Å²) in [6, 6.07) is 9.05. The highest BCUT2D eigenvalue weighted by molar-refractivity contribution is 5.81. The lowest BCUT2D eigenvalue weighted by Gasteiger charge is -2.29. The van der Waals surface area contributed by atoms with E-state index >= 15 is 0 Å². The van der Waals surface area contributed by atoms with Crippen molar-refractivity contribution in [3.63, 3.8) is 0 Å². The number of hydrogen-bond donors (Lipinski definition) is 2. The summed E-state index contributed by atoms with van der Waals surface area (Å²) in [5.41, 5.74) is -0.476. The van der Waals surface area contributed by atoms with Crippen molar-refractivity contribution in [2.75, 3.05) is 20.3 Å². The molecule has 0 fully saturated rings. The molecule has 88 valence electrons. The van der Waals surface area contributed by atoms with Gasteiger partial charge in [-0.1, -0.05) is 30.3 Å². The maximum atomic E-state index is 11.4. The topological polar surface area (TPSA) is 58.6 Å². The largest absolute Gasteiger partial charge is 0.480 e. The van der Waals surface area contributed by atoms with Gasteiger partial charge < -0.3 is 9.84 Å². The number of ether oxygens (including phenoxy) is 1. The molecule has 2 N–H and O–H groups in total. The number of hydrogen-bond acceptors (Lipinski definition) is 3. The van der Waals surface area contributed by atoms with E-state index in [0.717, 1.165) is 0 Å². The number of nitrogens with one attached hydrogen (secondary N) is 1. The summed E-state index contributed by atoms with van der Waals surface area (Å²) in [4.78, 5) is 11.4. The fraction of sp³-hybridized carbons (Fsp3) is 0.417. The molecule has 4 heteroatoms. The number of carboxylic acids is 1. The Kier molecular flexibility index (Phi) is 4.46. The number of likely N-dealkylation sites (N-methyl/N-ethyl adjacent to an activating group) is 1. The van der Waals surface area contributed by atoms with Gasteiger partial charge in [0.05, 0.1) is 6.61 Å². The van der Waals surface area contributed by atoms with Gasteiger partial charge in [-0.05, 0) is 19.5 Å². The average Bonchev–Trinajstić information content (AvgIpc) is 2.31. The first-order valence-electron chi connectivity index (χ1n) is 5.23. The lowest BCUT2D eigenvalue weighted by Crippen LogP contribution is -2.51. The standard InChI is InChI=1S/C12H17NO3/c1-3-16-9-12(13-2,11(14)15)10-7-5-4-6-8-10/h4-8,13H,3,9H2,1-2H3,(H,14,15). The van der Waals surface area contributed by atoms with Gasteiger partial charge in [-0.25, -0.2) is 4.79 Å². The minimum Gasteiger partial charge on any atom is -0.480 e. The molecule has 1 atom stereocenters. The molecule has 0 amide bonds. The van der Waals surface area contributed by atoms with Crippen LogP contribution >= 0.6 is 0 Å². The van der Waals surface area contributed by atoms with Crippen molar-refractivity contribution in [2.45, 2.75) is 12.5 Å². The van der Waals surface area contributed by atoms with E-state index in [0.29, 0.717) is 12.2 Å². The van der Waals surface area contributed by atoms with Crippen LogP contribution < -0.4 is 5.32 Å². The molecule has 0 saturated heterocycles. The number of benzene rings is 1. The van der Waals surface area contributed by atoms with Crippen LogP contribution in [-0.2, 0) is 15.1 Å². The highest BCUT2D eigenvalue weighted by Gasteiger charge is 2.39. The van der Waals surface area contributed by atoms with E-state index < -0.39 is 11.5 Å². The van der Waals surface area contributed by atoms with Crippen molar-refractivity contribution in [1.29, 1.82) is 0 Å². The average molecular weight is 223 g/mol. The quantitative estimate of drug-likeness (QED) is 0.761. The second-order valence-electron chi connectivity index (χ2n) is 3.46. The van der Waals surface area contributed by atoms with Gasteiger partial charge >= 0.3 is 5.97 Å². The molecule has 1 unspecified atom stereocenters. The Labute approximate surface area is 95.2 Å². The van der Waals surface area contributed by atoms with Crippen LogP contribution in [0.2, 0.25) is 0 Å². The number of aliphatic carboxylic acids is 1. The van der Waals surface area contributed by atoms with E-state index in [2.05, 4.69) is 5.32 Å². The lowest BCUT2D eigenvalue weighted by atomic mass is 9.91. The van der Waals surface area contributed by atoms with Gasteiger partial charge in [-0.3, -0.25) is 5.32 Å². The number of carboxylic acid groups (broad SMARTS) is 1. The van der Waals surface area contributed by atoms with Crippen LogP contribution in [0, 0.1) is 0 Å². The molecule has 4 nitrogen and oxygen atoms in total. The molecule has 1 aromatic carbocycles. The number of rotatable bonds is 6. The SMILES string of the molecule is CCOCC(NC)(C(=O)O)c1ccccc1. The van der Waals surface area contributed by atoms with Crippen molar-refractivity contribution in [1.82, 2.24) is 5.32 Å². The molecular formula is C12H17NO3. The third kappa shape index (κ3) is 2.40. The molecule has 1 aromatic rings. The molecule has 0 aliphatic rings. The summed E-state index contributed by atoms with van der Waals surface area (Å²) < 4.78 is 5.26. The van der Waals surface area contributed by atoms with Crippen LogP contribution in [0.3, 0.4) is 0 Å². The molecule has 0 aliphatic heterocycles. The predicted octanol–water partition coefficient (Wildman–Crippen LogP) is 1.22. The first-order valence-corrected chi connectivity index (χ1v) is 5.23. The molecule has 0 aromatic heterocycles. The van der Waals surface area contributed by atoms with Crippen LogP contribution in [-0.4, -0.2) is 31.3 Å². The van der Waals surface area contributed by atoms with Crippen LogP contribution in [0.1, 0.15) is 12.5 Å². The Morgan fingerprint density at radius 2 is 2.06 bits per heavy atom. The van der Waals surface area contributed by atoms with Crippen LogP contribution in [0.15, 0.2) is 30.3 Å². The van der Waals surface area contributed by atoms with E-state index in [-0.39, 0.29) is 6.61 Å². The van der Waals surface area contributed by atoms with Gasteiger partial charge in [-0.15, -0.1) is 0 Å². The summed E-state index contributed by atoms with van der Waals surface area (Å²) in [5.74, 6) is -0.936. The van der Waals surface area contributed by atoms with Gasteiger partial charge in [-0.2, -0.15) is 0 Å². The molecule has 0 radical (unpaired) electrons. The number of carbonyl (C=O) groups is 1. The zero-order valence-corrected chi connectivity index (χ0v) is 9.56. The Morgan fingerprint density at radius 3 is 2.50 bits per heavy atom. The van der Waals surface area contributed by atoms with Crippen molar-refractivity contribution >= 4 is 5.97 Å². The van der Waals surface area contributed by atoms with Gasteiger partial charge in [0.25, 0.3) is 0 Å². The van der Waals surface area contributed by atoms with Crippen LogP contribution in [0.4, 0.5) is 0 Å². The van der Waals surface area contributed by atoms with Gasteiger partial charge in [0.2, 0.25) is 0 Å². The van der Waals surface area contributed by atoms with Crippen molar-refractivity contribution < 1.29 is 14.6 Å². The van der Waals surface area contributed by atoms with E-state index in [1.165, 1.54) is 0 Å². The Balaban J connectivity index is 3.07. The van der Waals surface area contributed by atoms with Crippen molar-refractivity contribution in [2.24, 2.45) is 0 Å². The molecular weight excluding hydrogens is 206 g/mol. The first kappa shape index (κ1) is 12.7. The molecule has 0 bridgehead atoms. The first-order chi connectivity index (χ1) is 7.67. The maximum Gasteiger partial charge on any atom is 0.330 e. The third-order valence-corrected chi connectivity index (χ3v) is 2.58. The zero-order valence-electron chi connectivity index (χ0n) is 9.56. The fourth-order valence-corrected chi connectivity index (χ4v) is 1.57. The second kappa shape index (κ2) is 5.63. The van der Waals surface area contributed by atoms with Crippen molar-refractivity contribution in [3.8, 4) is 0 Å². The van der Waals surface area contributed by atoms with Crippen LogP contribution in [0.5, 0.6) is 0 Å². The van der Waals surface area contributed by atoms with E-state index in [1.807, 2.05) is 25.1 Å². The van der Waals surface area contributed by atoms with E-state index in [1.54, 1.807) is 19.2 Å². The summed E-state index contributed by atoms with van der Waals surface area (Å²) in [6.07, 6.45) is 0. The van der Waals surface area contributed by atoms with E-state index in [9.17, 15) is 9.90 Å². The molecule has 0 spiro atoms.